The monoisotopic (exact) mass is 349 g/mol. The van der Waals surface area contributed by atoms with Gasteiger partial charge < -0.3 is 21.0 Å². The number of carbonyl (C=O) groups excluding carboxylic acids is 1. The van der Waals surface area contributed by atoms with Gasteiger partial charge >= 0.3 is 0 Å². The highest BCUT2D eigenvalue weighted by molar-refractivity contribution is 6.16. The fourth-order valence-electron chi connectivity index (χ4n) is 3.63. The van der Waals surface area contributed by atoms with Crippen LogP contribution in [0.1, 0.15) is 42.1 Å². The van der Waals surface area contributed by atoms with Crippen LogP contribution in [0.4, 0.5) is 5.69 Å². The smallest absolute Gasteiger partial charge is 0.249 e. The van der Waals surface area contributed by atoms with Crippen molar-refractivity contribution in [3.05, 3.63) is 83.4 Å². The largest absolute Gasteiger partial charge is 0.377 e. The highest BCUT2D eigenvalue weighted by atomic mass is 16.1. The number of rotatable bonds is 3. The van der Waals surface area contributed by atoms with E-state index in [1.165, 1.54) is 0 Å². The van der Waals surface area contributed by atoms with Crippen LogP contribution in [-0.4, -0.2) is 21.2 Å². The van der Waals surface area contributed by atoms with E-state index in [1.807, 2.05) is 54.2 Å². The Morgan fingerprint density at radius 2 is 2.00 bits per heavy atom. The molecule has 2 atom stereocenters. The molecule has 0 aliphatic carbocycles. The Kier molecular flexibility index (Phi) is 3.80. The van der Waals surface area contributed by atoms with Gasteiger partial charge in [-0.3, -0.25) is 4.79 Å². The van der Waals surface area contributed by atoms with Gasteiger partial charge in [0.05, 0.1) is 23.2 Å². The molecular weight excluding hydrogens is 326 g/mol. The number of hydrogen-bond donors (Lipinski definition) is 3. The number of carbonyl (C=O) groups is 1. The molecule has 6 nitrogen and oxygen atoms in total. The molecule has 0 radical (unpaired) electrons. The number of fused-ring (bicyclic) bond motifs is 1. The topological polar surface area (TPSA) is 96.8 Å². The summed E-state index contributed by atoms with van der Waals surface area (Å²) in [6.07, 6.45) is 3.58. The van der Waals surface area contributed by atoms with Crippen molar-refractivity contribution in [2.75, 3.05) is 5.32 Å². The zero-order chi connectivity index (χ0) is 18.3. The van der Waals surface area contributed by atoms with Crippen LogP contribution in [-0.2, 0) is 7.05 Å². The van der Waals surface area contributed by atoms with E-state index >= 15 is 0 Å². The van der Waals surface area contributed by atoms with Gasteiger partial charge in [0, 0.05) is 33.5 Å². The zero-order valence-electron chi connectivity index (χ0n) is 14.3. The summed E-state index contributed by atoms with van der Waals surface area (Å²) in [5, 5.41) is 12.4. The van der Waals surface area contributed by atoms with Crippen molar-refractivity contribution in [1.82, 2.24) is 9.55 Å². The van der Waals surface area contributed by atoms with Crippen LogP contribution in [0.3, 0.4) is 0 Å². The molecule has 1 aliphatic rings. The second-order valence-corrected chi connectivity index (χ2v) is 6.41. The number of aryl methyl sites for hydroxylation is 1. The molecule has 6 heteroatoms. The Morgan fingerprint density at radius 1 is 1.23 bits per heavy atom. The molecule has 4 rings (SSSR count). The van der Waals surface area contributed by atoms with E-state index in [-0.39, 0.29) is 14.8 Å². The first-order valence-corrected chi connectivity index (χ1v) is 8.38. The Bertz CT molecular complexity index is 1000. The number of nitrogens with zero attached hydrogens (tertiary/aromatic N) is 2. The number of imidazole rings is 1. The lowest BCUT2D eigenvalue weighted by atomic mass is 9.79. The lowest BCUT2D eigenvalue weighted by molar-refractivity contribution is 0.1000. The van der Waals surface area contributed by atoms with E-state index < -0.39 is 5.91 Å². The quantitative estimate of drug-likeness (QED) is 0.676. The number of primary amides is 1. The minimum Gasteiger partial charge on any atom is -0.377 e. The Labute approximate surface area is 154 Å². The molecule has 0 saturated heterocycles. The van der Waals surface area contributed by atoms with Crippen molar-refractivity contribution in [3.63, 3.8) is 0 Å². The standard InChI is InChI=1S/C20H19N5O.2H2/c1-25-11-10-23-20(25)16-17(21)15-13(19(22)26)8-5-9-14(15)24-18(16)12-6-3-2-4-7-12;;/h2-11,16,18,21,24H,1H3,(H2,22,26);2*1H. The third-order valence-corrected chi connectivity index (χ3v) is 4.85. The predicted molar refractivity (Wildman–Crippen MR) is 105 cm³/mol. The average Bonchev–Trinajstić information content (AvgIpc) is 3.07. The first kappa shape index (κ1) is 16.1. The normalized spacial score (nSPS) is 18.9. The first-order chi connectivity index (χ1) is 12.6. The highest BCUT2D eigenvalue weighted by Crippen LogP contribution is 2.42. The van der Waals surface area contributed by atoms with Crippen molar-refractivity contribution in [2.45, 2.75) is 12.0 Å². The van der Waals surface area contributed by atoms with Crippen LogP contribution in [0.2, 0.25) is 0 Å². The van der Waals surface area contributed by atoms with Crippen LogP contribution < -0.4 is 11.1 Å². The Hall–Kier alpha value is -3.41. The number of benzene rings is 2. The van der Waals surface area contributed by atoms with Crippen LogP contribution in [0.5, 0.6) is 0 Å². The molecule has 1 aliphatic heterocycles. The average molecular weight is 349 g/mol. The summed E-state index contributed by atoms with van der Waals surface area (Å²) in [5.41, 5.74) is 8.60. The molecule has 0 spiro atoms. The van der Waals surface area contributed by atoms with Crippen LogP contribution in [0.25, 0.3) is 0 Å². The number of hydrogen-bond acceptors (Lipinski definition) is 4. The molecule has 3 aromatic rings. The number of nitrogens with two attached hydrogens (primary N) is 1. The molecule has 2 unspecified atom stereocenters. The van der Waals surface area contributed by atoms with Crippen LogP contribution >= 0.6 is 0 Å². The number of anilines is 1. The minimum absolute atomic E-state index is 0. The van der Waals surface area contributed by atoms with Crippen LogP contribution in [0.15, 0.2) is 60.9 Å². The Morgan fingerprint density at radius 3 is 2.65 bits per heavy atom. The SMILES string of the molecule is Cn1ccnc1C1C(=N)c2c(cccc2C(N)=O)NC1c1ccccc1.[HH].[HH]. The lowest BCUT2D eigenvalue weighted by Crippen LogP contribution is -2.35. The van der Waals surface area contributed by atoms with E-state index in [2.05, 4.69) is 10.3 Å². The van der Waals surface area contributed by atoms with E-state index in [1.54, 1.807) is 18.3 Å². The van der Waals surface area contributed by atoms with Crippen molar-refractivity contribution < 1.29 is 7.65 Å². The maximum Gasteiger partial charge on any atom is 0.249 e. The van der Waals surface area contributed by atoms with Crippen LogP contribution in [0, 0.1) is 5.41 Å². The van der Waals surface area contributed by atoms with Crippen molar-refractivity contribution in [3.8, 4) is 0 Å². The molecule has 26 heavy (non-hydrogen) atoms. The van der Waals surface area contributed by atoms with Gasteiger partial charge in [-0.2, -0.15) is 0 Å². The summed E-state index contributed by atoms with van der Waals surface area (Å²) >= 11 is 0. The molecule has 2 heterocycles. The van der Waals surface area contributed by atoms with Gasteiger partial charge in [0.1, 0.15) is 5.82 Å². The highest BCUT2D eigenvalue weighted by Gasteiger charge is 2.38. The second kappa shape index (κ2) is 6.15. The molecular formula is C20H23N5O. The van der Waals surface area contributed by atoms with Gasteiger partial charge in [-0.05, 0) is 17.7 Å². The van der Waals surface area contributed by atoms with Crippen molar-refractivity contribution in [2.24, 2.45) is 12.8 Å². The Balaban J connectivity index is 0.00000140. The first-order valence-electron chi connectivity index (χ1n) is 8.38. The molecule has 134 valence electrons. The third kappa shape index (κ3) is 2.47. The third-order valence-electron chi connectivity index (χ3n) is 4.85. The van der Waals surface area contributed by atoms with Crippen molar-refractivity contribution in [1.29, 1.82) is 5.41 Å². The fraction of sp³-hybridized carbons (Fsp3) is 0.150. The van der Waals surface area contributed by atoms with Gasteiger partial charge in [0.25, 0.3) is 0 Å². The summed E-state index contributed by atoms with van der Waals surface area (Å²) in [6, 6.07) is 15.1. The predicted octanol–water partition coefficient (Wildman–Crippen LogP) is 3.33. The van der Waals surface area contributed by atoms with Crippen molar-refractivity contribution >= 4 is 17.3 Å². The summed E-state index contributed by atoms with van der Waals surface area (Å²) < 4.78 is 1.91. The molecule has 0 fully saturated rings. The van der Waals surface area contributed by atoms with E-state index in [0.717, 1.165) is 17.1 Å². The number of nitrogens with one attached hydrogen (secondary N) is 2. The van der Waals surface area contributed by atoms with Gasteiger partial charge in [-0.1, -0.05) is 36.4 Å². The summed E-state index contributed by atoms with van der Waals surface area (Å²) in [5.74, 6) is -0.114. The van der Waals surface area contributed by atoms with E-state index in [4.69, 9.17) is 11.1 Å². The molecule has 2 aromatic carbocycles. The van der Waals surface area contributed by atoms with Gasteiger partial charge in [-0.15, -0.1) is 0 Å². The second-order valence-electron chi connectivity index (χ2n) is 6.41. The molecule has 0 bridgehead atoms. The van der Waals surface area contributed by atoms with Gasteiger partial charge in [-0.25, -0.2) is 4.98 Å². The number of amides is 1. The molecule has 1 aromatic heterocycles. The lowest BCUT2D eigenvalue weighted by Gasteiger charge is -2.36. The summed E-state index contributed by atoms with van der Waals surface area (Å²) in [6.45, 7) is 0. The minimum atomic E-state index is -0.537. The van der Waals surface area contributed by atoms with Gasteiger partial charge in [0.15, 0.2) is 0 Å². The van der Waals surface area contributed by atoms with E-state index in [9.17, 15) is 4.79 Å². The van der Waals surface area contributed by atoms with Gasteiger partial charge in [0.2, 0.25) is 5.91 Å². The maximum absolute atomic E-state index is 11.9. The summed E-state index contributed by atoms with van der Waals surface area (Å²) in [7, 11) is 1.91. The molecule has 0 saturated carbocycles. The molecule has 1 amide bonds. The number of aromatic nitrogens is 2. The maximum atomic E-state index is 11.9. The zero-order valence-corrected chi connectivity index (χ0v) is 14.3. The summed E-state index contributed by atoms with van der Waals surface area (Å²) in [4.78, 5) is 16.4. The van der Waals surface area contributed by atoms with E-state index in [0.29, 0.717) is 16.8 Å². The molecule has 4 N–H and O–H groups in total. The fourth-order valence-corrected chi connectivity index (χ4v) is 3.63.